The minimum Gasteiger partial charge on any atom is -0.459 e. The highest BCUT2D eigenvalue weighted by Gasteiger charge is 2.52. The van der Waals surface area contributed by atoms with Crippen LogP contribution in [0.1, 0.15) is 47.7 Å². The Hall–Kier alpha value is -3.49. The Bertz CT molecular complexity index is 1000. The minimum absolute atomic E-state index is 0.0534. The van der Waals surface area contributed by atoms with Crippen molar-refractivity contribution in [2.45, 2.75) is 44.8 Å². The van der Waals surface area contributed by atoms with E-state index >= 15 is 0 Å². The zero-order valence-electron chi connectivity index (χ0n) is 18.1. The van der Waals surface area contributed by atoms with Crippen LogP contribution in [0.3, 0.4) is 0 Å². The van der Waals surface area contributed by atoms with E-state index in [-0.39, 0.29) is 47.6 Å². The number of hydrogen-bond donors (Lipinski definition) is 1. The smallest absolute Gasteiger partial charge is 0.287 e. The molecule has 2 aromatic rings. The normalized spacial score (nSPS) is 21.0. The number of nitrogens with zero attached hydrogens (tertiary/aromatic N) is 3. The largest absolute Gasteiger partial charge is 0.459 e. The van der Waals surface area contributed by atoms with Crippen molar-refractivity contribution >= 4 is 23.5 Å². The molecule has 168 valence electrons. The summed E-state index contributed by atoms with van der Waals surface area (Å²) in [5.74, 6) is -1.02. The second kappa shape index (κ2) is 8.94. The van der Waals surface area contributed by atoms with Crippen LogP contribution in [0.4, 0.5) is 0 Å². The minimum atomic E-state index is -0.792. The molecule has 4 heterocycles. The highest BCUT2D eigenvalue weighted by Crippen LogP contribution is 2.31. The van der Waals surface area contributed by atoms with Crippen LogP contribution in [-0.2, 0) is 9.59 Å². The Labute approximate surface area is 185 Å². The fourth-order valence-electron chi connectivity index (χ4n) is 4.51. The molecule has 3 unspecified atom stereocenters. The molecule has 9 heteroatoms. The van der Waals surface area contributed by atoms with Gasteiger partial charge in [0, 0.05) is 12.7 Å². The molecule has 4 rings (SSSR count). The number of pyridine rings is 1. The van der Waals surface area contributed by atoms with Crippen molar-refractivity contribution < 1.29 is 23.6 Å². The van der Waals surface area contributed by atoms with E-state index in [0.717, 1.165) is 0 Å². The van der Waals surface area contributed by atoms with E-state index in [1.165, 1.54) is 28.3 Å². The number of carbonyl (C=O) groups is 4. The average molecular weight is 438 g/mol. The molecular formula is C23H26N4O5. The molecule has 3 atom stereocenters. The molecule has 9 nitrogen and oxygen atoms in total. The topological polar surface area (TPSA) is 113 Å². The van der Waals surface area contributed by atoms with Crippen LogP contribution in [0.15, 0.2) is 47.2 Å². The number of Topliss-reactive ketones (excluding diaryl/α,β-unsaturated/α-hetero) is 1. The van der Waals surface area contributed by atoms with Crippen molar-refractivity contribution in [1.29, 1.82) is 0 Å². The molecule has 0 saturated carbocycles. The molecule has 0 aliphatic carbocycles. The maximum absolute atomic E-state index is 13.4. The predicted molar refractivity (Wildman–Crippen MR) is 114 cm³/mol. The predicted octanol–water partition coefficient (Wildman–Crippen LogP) is 1.51. The molecule has 0 bridgehead atoms. The Balaban J connectivity index is 1.51. The molecule has 2 aliphatic heterocycles. The lowest BCUT2D eigenvalue weighted by Crippen LogP contribution is -2.53. The molecule has 2 aromatic heterocycles. The van der Waals surface area contributed by atoms with Gasteiger partial charge in [-0.1, -0.05) is 19.9 Å². The van der Waals surface area contributed by atoms with E-state index in [4.69, 9.17) is 4.42 Å². The van der Waals surface area contributed by atoms with Crippen molar-refractivity contribution in [2.75, 3.05) is 13.1 Å². The van der Waals surface area contributed by atoms with E-state index in [1.807, 2.05) is 13.8 Å². The van der Waals surface area contributed by atoms with Crippen LogP contribution < -0.4 is 5.32 Å². The molecule has 3 amide bonds. The van der Waals surface area contributed by atoms with E-state index < -0.39 is 18.0 Å². The number of carbonyl (C=O) groups excluding carboxylic acids is 4. The van der Waals surface area contributed by atoms with Gasteiger partial charge in [-0.25, -0.2) is 0 Å². The first-order valence-electron chi connectivity index (χ1n) is 10.8. The van der Waals surface area contributed by atoms with Gasteiger partial charge in [0.1, 0.15) is 17.8 Å². The van der Waals surface area contributed by atoms with Gasteiger partial charge in [-0.05, 0) is 43.0 Å². The Morgan fingerprint density at radius 1 is 1.19 bits per heavy atom. The van der Waals surface area contributed by atoms with E-state index in [1.54, 1.807) is 24.3 Å². The number of furan rings is 1. The average Bonchev–Trinajstić information content (AvgIpc) is 3.51. The molecule has 1 N–H and O–H groups in total. The van der Waals surface area contributed by atoms with E-state index in [2.05, 4.69) is 10.3 Å². The summed E-state index contributed by atoms with van der Waals surface area (Å²) in [6.45, 7) is 4.21. The Morgan fingerprint density at radius 3 is 2.66 bits per heavy atom. The van der Waals surface area contributed by atoms with Crippen LogP contribution in [0.25, 0.3) is 0 Å². The summed E-state index contributed by atoms with van der Waals surface area (Å²) >= 11 is 0. The number of fused-ring (bicyclic) bond motifs is 1. The molecule has 0 aromatic carbocycles. The van der Waals surface area contributed by atoms with Gasteiger partial charge in [0.25, 0.3) is 11.8 Å². The standard InChI is InChI=1S/C23H26N4O5/c1-14(2)12-16(25-21(29)19-7-5-11-32-19)23(31)26-10-8-17-20(26)18(28)13-27(17)22(30)15-6-3-4-9-24-15/h3-7,9,11,14,16-17,20H,8,10,12-13H2,1-2H3,(H,25,29). The maximum atomic E-state index is 13.4. The highest BCUT2D eigenvalue weighted by molar-refractivity contribution is 6.02. The monoisotopic (exact) mass is 438 g/mol. The third-order valence-electron chi connectivity index (χ3n) is 5.91. The summed E-state index contributed by atoms with van der Waals surface area (Å²) in [6.07, 6.45) is 3.85. The molecule has 2 saturated heterocycles. The second-order valence-corrected chi connectivity index (χ2v) is 8.58. The zero-order chi connectivity index (χ0) is 22.8. The van der Waals surface area contributed by atoms with Crippen molar-refractivity contribution in [3.63, 3.8) is 0 Å². The number of aromatic nitrogens is 1. The number of hydrogen-bond acceptors (Lipinski definition) is 6. The third kappa shape index (κ3) is 4.15. The van der Waals surface area contributed by atoms with Gasteiger partial charge in [0.05, 0.1) is 18.8 Å². The SMILES string of the molecule is CC(C)CC(NC(=O)c1ccco1)C(=O)N1CCC2C1C(=O)CN2C(=O)c1ccccn1. The Kier molecular flexibility index (Phi) is 6.07. The summed E-state index contributed by atoms with van der Waals surface area (Å²) in [5.41, 5.74) is 0.272. The lowest BCUT2D eigenvalue weighted by Gasteiger charge is -2.29. The molecule has 0 radical (unpaired) electrons. The van der Waals surface area contributed by atoms with Gasteiger partial charge in [-0.3, -0.25) is 24.2 Å². The summed E-state index contributed by atoms with van der Waals surface area (Å²) in [5, 5.41) is 2.76. The van der Waals surface area contributed by atoms with Crippen molar-refractivity contribution in [3.8, 4) is 0 Å². The highest BCUT2D eigenvalue weighted by atomic mass is 16.3. The molecule has 2 fully saturated rings. The Morgan fingerprint density at radius 2 is 2.00 bits per heavy atom. The lowest BCUT2D eigenvalue weighted by molar-refractivity contribution is -0.138. The van der Waals surface area contributed by atoms with Crippen LogP contribution in [0.2, 0.25) is 0 Å². The van der Waals surface area contributed by atoms with Crippen molar-refractivity contribution in [3.05, 3.63) is 54.2 Å². The maximum Gasteiger partial charge on any atom is 0.287 e. The first kappa shape index (κ1) is 21.7. The fourth-order valence-corrected chi connectivity index (χ4v) is 4.51. The van der Waals surface area contributed by atoms with Gasteiger partial charge in [0.15, 0.2) is 11.5 Å². The van der Waals surface area contributed by atoms with E-state index in [0.29, 0.717) is 19.4 Å². The summed E-state index contributed by atoms with van der Waals surface area (Å²) in [4.78, 5) is 58.8. The number of likely N-dealkylation sites (tertiary alicyclic amines) is 2. The second-order valence-electron chi connectivity index (χ2n) is 8.58. The van der Waals surface area contributed by atoms with Gasteiger partial charge >= 0.3 is 0 Å². The first-order valence-corrected chi connectivity index (χ1v) is 10.8. The van der Waals surface area contributed by atoms with Crippen molar-refractivity contribution in [1.82, 2.24) is 20.1 Å². The molecule has 2 aliphatic rings. The van der Waals surface area contributed by atoms with Gasteiger partial charge in [0.2, 0.25) is 5.91 Å². The lowest BCUT2D eigenvalue weighted by atomic mass is 10.0. The van der Waals surface area contributed by atoms with Gasteiger partial charge in [-0.15, -0.1) is 0 Å². The van der Waals surface area contributed by atoms with Crippen LogP contribution in [-0.4, -0.2) is 69.5 Å². The molecular weight excluding hydrogens is 412 g/mol. The van der Waals surface area contributed by atoms with Crippen molar-refractivity contribution in [2.24, 2.45) is 5.92 Å². The van der Waals surface area contributed by atoms with Gasteiger partial charge in [-0.2, -0.15) is 0 Å². The quantitative estimate of drug-likeness (QED) is 0.732. The number of ketones is 1. The summed E-state index contributed by atoms with van der Waals surface area (Å²) < 4.78 is 5.13. The third-order valence-corrected chi connectivity index (χ3v) is 5.91. The molecule has 0 spiro atoms. The van der Waals surface area contributed by atoms with Crippen LogP contribution >= 0.6 is 0 Å². The van der Waals surface area contributed by atoms with E-state index in [9.17, 15) is 19.2 Å². The summed E-state index contributed by atoms with van der Waals surface area (Å²) in [6, 6.07) is 6.30. The van der Waals surface area contributed by atoms with Crippen LogP contribution in [0.5, 0.6) is 0 Å². The number of amides is 3. The number of nitrogens with one attached hydrogen (secondary N) is 1. The van der Waals surface area contributed by atoms with Crippen LogP contribution in [0, 0.1) is 5.92 Å². The molecule has 32 heavy (non-hydrogen) atoms. The summed E-state index contributed by atoms with van der Waals surface area (Å²) in [7, 11) is 0. The van der Waals surface area contributed by atoms with Gasteiger partial charge < -0.3 is 19.5 Å². The first-order chi connectivity index (χ1) is 15.4. The zero-order valence-corrected chi connectivity index (χ0v) is 18.1. The fraction of sp³-hybridized carbons (Fsp3) is 0.435. The number of rotatable bonds is 6.